The first kappa shape index (κ1) is 10.3. The van der Waals surface area contributed by atoms with Gasteiger partial charge in [-0.3, -0.25) is 0 Å². The second-order valence-corrected chi connectivity index (χ2v) is 3.94. The summed E-state index contributed by atoms with van der Waals surface area (Å²) in [4.78, 5) is 0. The minimum absolute atomic E-state index is 0.491. The van der Waals surface area contributed by atoms with Gasteiger partial charge in [-0.25, -0.2) is 0 Å². The topological polar surface area (TPSA) is 26.9 Å². The summed E-state index contributed by atoms with van der Waals surface area (Å²) in [6.45, 7) is 0. The van der Waals surface area contributed by atoms with Crippen molar-refractivity contribution in [2.75, 3.05) is 0 Å². The number of rotatable bonds is 1. The zero-order valence-electron chi connectivity index (χ0n) is 7.65. The van der Waals surface area contributed by atoms with Gasteiger partial charge in [0.2, 0.25) is 5.69 Å². The maximum Gasteiger partial charge on any atom is 0.225 e. The van der Waals surface area contributed by atoms with E-state index < -0.39 is 0 Å². The standard InChI is InChI=1S/C11H7Cl2NO/c12-9-3-1-2-8(6-9)11-7-10(13)4-5-14(11)15/h1-7H. The lowest BCUT2D eigenvalue weighted by Gasteiger charge is -2.04. The molecule has 0 aliphatic rings. The number of hydrogen-bond acceptors (Lipinski definition) is 1. The molecule has 1 aromatic heterocycles. The summed E-state index contributed by atoms with van der Waals surface area (Å²) < 4.78 is 0.761. The van der Waals surface area contributed by atoms with Crippen LogP contribution in [0, 0.1) is 5.21 Å². The SMILES string of the molecule is [O-][n+]1ccc(Cl)cc1-c1cccc(Cl)c1. The Morgan fingerprint density at radius 3 is 2.47 bits per heavy atom. The van der Waals surface area contributed by atoms with Crippen molar-refractivity contribution in [1.29, 1.82) is 0 Å². The van der Waals surface area contributed by atoms with Crippen LogP contribution >= 0.6 is 23.2 Å². The third-order valence-corrected chi connectivity index (χ3v) is 2.47. The molecule has 0 radical (unpaired) electrons. The second-order valence-electron chi connectivity index (χ2n) is 3.07. The van der Waals surface area contributed by atoms with Gasteiger partial charge >= 0.3 is 0 Å². The Balaban J connectivity index is 2.58. The van der Waals surface area contributed by atoms with Crippen molar-refractivity contribution in [3.63, 3.8) is 0 Å². The Morgan fingerprint density at radius 2 is 1.73 bits per heavy atom. The van der Waals surface area contributed by atoms with Gasteiger partial charge in [0.15, 0.2) is 6.20 Å². The van der Waals surface area contributed by atoms with Crippen LogP contribution in [0.4, 0.5) is 0 Å². The number of benzene rings is 1. The van der Waals surface area contributed by atoms with E-state index in [4.69, 9.17) is 23.2 Å². The Bertz CT molecular complexity index is 500. The van der Waals surface area contributed by atoms with Crippen LogP contribution < -0.4 is 4.73 Å². The molecule has 1 aromatic carbocycles. The second kappa shape index (κ2) is 4.09. The molecule has 0 saturated carbocycles. The van der Waals surface area contributed by atoms with E-state index in [-0.39, 0.29) is 0 Å². The highest BCUT2D eigenvalue weighted by Crippen LogP contribution is 2.21. The Kier molecular flexibility index (Phi) is 2.80. The summed E-state index contributed by atoms with van der Waals surface area (Å²) in [5, 5.41) is 12.6. The minimum Gasteiger partial charge on any atom is -0.618 e. The quantitative estimate of drug-likeness (QED) is 0.555. The maximum absolute atomic E-state index is 11.5. The molecule has 0 atom stereocenters. The Hall–Kier alpha value is -1.25. The summed E-state index contributed by atoms with van der Waals surface area (Å²) in [6.07, 6.45) is 1.37. The fraction of sp³-hybridized carbons (Fsp3) is 0. The summed E-state index contributed by atoms with van der Waals surface area (Å²) in [5.74, 6) is 0. The fourth-order valence-electron chi connectivity index (χ4n) is 1.32. The molecule has 2 rings (SSSR count). The average molecular weight is 240 g/mol. The van der Waals surface area contributed by atoms with Crippen molar-refractivity contribution in [2.24, 2.45) is 0 Å². The van der Waals surface area contributed by atoms with Crippen LogP contribution in [-0.2, 0) is 0 Å². The van der Waals surface area contributed by atoms with Crippen LogP contribution in [0.5, 0.6) is 0 Å². The van der Waals surface area contributed by atoms with E-state index in [0.717, 1.165) is 10.3 Å². The van der Waals surface area contributed by atoms with Crippen molar-refractivity contribution < 1.29 is 4.73 Å². The third kappa shape index (κ3) is 2.22. The van der Waals surface area contributed by atoms with Crippen molar-refractivity contribution >= 4 is 23.2 Å². The number of aromatic nitrogens is 1. The van der Waals surface area contributed by atoms with Crippen molar-refractivity contribution in [2.45, 2.75) is 0 Å². The molecule has 0 spiro atoms. The first-order valence-corrected chi connectivity index (χ1v) is 5.07. The largest absolute Gasteiger partial charge is 0.618 e. The van der Waals surface area contributed by atoms with Gasteiger partial charge in [0.25, 0.3) is 0 Å². The molecule has 15 heavy (non-hydrogen) atoms. The zero-order valence-corrected chi connectivity index (χ0v) is 9.16. The lowest BCUT2D eigenvalue weighted by molar-refractivity contribution is -0.593. The smallest absolute Gasteiger partial charge is 0.225 e. The lowest BCUT2D eigenvalue weighted by atomic mass is 10.1. The molecular weight excluding hydrogens is 233 g/mol. The fourth-order valence-corrected chi connectivity index (χ4v) is 1.67. The van der Waals surface area contributed by atoms with Gasteiger partial charge in [-0.05, 0) is 18.2 Å². The zero-order chi connectivity index (χ0) is 10.8. The van der Waals surface area contributed by atoms with Crippen molar-refractivity contribution in [3.05, 3.63) is 57.8 Å². The van der Waals surface area contributed by atoms with Crippen molar-refractivity contribution in [3.8, 4) is 11.3 Å². The normalized spacial score (nSPS) is 10.3. The van der Waals surface area contributed by atoms with Crippen LogP contribution in [0.25, 0.3) is 11.3 Å². The molecule has 0 amide bonds. The summed E-state index contributed by atoms with van der Waals surface area (Å²) >= 11 is 11.7. The number of nitrogens with zero attached hydrogens (tertiary/aromatic N) is 1. The Labute approximate surface area is 97.3 Å². The predicted octanol–water partition coefficient (Wildman–Crippen LogP) is 3.29. The van der Waals surface area contributed by atoms with Crippen LogP contribution in [0.2, 0.25) is 10.0 Å². The monoisotopic (exact) mass is 239 g/mol. The first-order chi connectivity index (χ1) is 7.16. The average Bonchev–Trinajstić information content (AvgIpc) is 2.22. The number of hydrogen-bond donors (Lipinski definition) is 0. The molecule has 0 bridgehead atoms. The van der Waals surface area contributed by atoms with E-state index in [1.54, 1.807) is 30.3 Å². The molecule has 76 valence electrons. The summed E-state index contributed by atoms with van der Waals surface area (Å²) in [7, 11) is 0. The predicted molar refractivity (Wildman–Crippen MR) is 60.9 cm³/mol. The van der Waals surface area contributed by atoms with Gasteiger partial charge < -0.3 is 5.21 Å². The molecule has 0 saturated heterocycles. The van der Waals surface area contributed by atoms with E-state index in [1.807, 2.05) is 6.07 Å². The van der Waals surface area contributed by atoms with E-state index in [0.29, 0.717) is 15.7 Å². The summed E-state index contributed by atoms with van der Waals surface area (Å²) in [5.41, 5.74) is 1.24. The highest BCUT2D eigenvalue weighted by molar-refractivity contribution is 6.31. The van der Waals surface area contributed by atoms with Gasteiger partial charge in [-0.2, -0.15) is 4.73 Å². The van der Waals surface area contributed by atoms with Gasteiger partial charge in [0.1, 0.15) is 0 Å². The van der Waals surface area contributed by atoms with Gasteiger partial charge in [0, 0.05) is 22.7 Å². The molecule has 0 aliphatic heterocycles. The minimum atomic E-state index is 0.491. The molecule has 0 N–H and O–H groups in total. The van der Waals surface area contributed by atoms with E-state index in [9.17, 15) is 5.21 Å². The third-order valence-electron chi connectivity index (χ3n) is 2.00. The molecule has 2 nitrogen and oxygen atoms in total. The number of halogens is 2. The first-order valence-electron chi connectivity index (χ1n) is 4.31. The van der Waals surface area contributed by atoms with E-state index in [2.05, 4.69) is 0 Å². The van der Waals surface area contributed by atoms with Gasteiger partial charge in [-0.15, -0.1) is 0 Å². The summed E-state index contributed by atoms with van der Waals surface area (Å²) in [6, 6.07) is 10.2. The molecule has 1 heterocycles. The van der Waals surface area contributed by atoms with Gasteiger partial charge in [0.05, 0.1) is 5.02 Å². The highest BCUT2D eigenvalue weighted by atomic mass is 35.5. The van der Waals surface area contributed by atoms with Crippen LogP contribution in [0.3, 0.4) is 0 Å². The van der Waals surface area contributed by atoms with Crippen LogP contribution in [0.15, 0.2) is 42.6 Å². The molecule has 0 unspecified atom stereocenters. The highest BCUT2D eigenvalue weighted by Gasteiger charge is 2.09. The maximum atomic E-state index is 11.5. The van der Waals surface area contributed by atoms with Crippen molar-refractivity contribution in [1.82, 2.24) is 0 Å². The molecule has 2 aromatic rings. The van der Waals surface area contributed by atoms with Gasteiger partial charge in [-0.1, -0.05) is 29.3 Å². The molecular formula is C11H7Cl2NO. The van der Waals surface area contributed by atoms with E-state index in [1.165, 1.54) is 6.20 Å². The Morgan fingerprint density at radius 1 is 1.00 bits per heavy atom. The molecule has 0 fully saturated rings. The molecule has 4 heteroatoms. The lowest BCUT2D eigenvalue weighted by Crippen LogP contribution is -2.28. The molecule has 0 aliphatic carbocycles. The number of pyridine rings is 1. The van der Waals surface area contributed by atoms with Crippen LogP contribution in [-0.4, -0.2) is 0 Å². The van der Waals surface area contributed by atoms with Crippen LogP contribution in [0.1, 0.15) is 0 Å². The van der Waals surface area contributed by atoms with E-state index >= 15 is 0 Å².